The summed E-state index contributed by atoms with van der Waals surface area (Å²) >= 11 is 0. The first kappa shape index (κ1) is 16.5. The van der Waals surface area contributed by atoms with Gasteiger partial charge in [0.05, 0.1) is 23.7 Å². The van der Waals surface area contributed by atoms with Crippen molar-refractivity contribution in [3.63, 3.8) is 0 Å². The number of carbonyl (C=O) groups is 1. The van der Waals surface area contributed by atoms with Crippen LogP contribution < -0.4 is 4.74 Å². The Morgan fingerprint density at radius 3 is 2.31 bits per heavy atom. The molecule has 0 saturated carbocycles. The fraction of sp³-hybridized carbons (Fsp3) is 0.364. The average molecular weight is 227 g/mol. The standard InChI is InChI=1S/C8H7NO4.C2H6.CH4/c1-13-7-3-2-6(5-10)8(4-7)9(11)12;1-2;/h2-5H,1H3;1-2H3;1H4. The van der Waals surface area contributed by atoms with Gasteiger partial charge in [-0.2, -0.15) is 0 Å². The highest BCUT2D eigenvalue weighted by molar-refractivity contribution is 5.81. The second-order valence-electron chi connectivity index (χ2n) is 2.30. The zero-order valence-electron chi connectivity index (χ0n) is 8.89. The van der Waals surface area contributed by atoms with Crippen molar-refractivity contribution in [2.24, 2.45) is 0 Å². The third-order valence-electron chi connectivity index (χ3n) is 1.56. The van der Waals surface area contributed by atoms with Crippen molar-refractivity contribution in [3.05, 3.63) is 33.9 Å². The van der Waals surface area contributed by atoms with Crippen molar-refractivity contribution in [1.82, 2.24) is 0 Å². The van der Waals surface area contributed by atoms with E-state index in [4.69, 9.17) is 4.74 Å². The summed E-state index contributed by atoms with van der Waals surface area (Å²) in [5.74, 6) is 0.359. The highest BCUT2D eigenvalue weighted by atomic mass is 16.6. The normalized spacial score (nSPS) is 7.94. The number of ether oxygens (including phenoxy) is 1. The first-order chi connectivity index (χ1) is 7.19. The van der Waals surface area contributed by atoms with Crippen LogP contribution >= 0.6 is 0 Å². The van der Waals surface area contributed by atoms with Gasteiger partial charge in [0.1, 0.15) is 5.75 Å². The molecule has 0 unspecified atom stereocenters. The molecule has 1 aromatic carbocycles. The number of nitro benzene ring substituents is 1. The minimum Gasteiger partial charge on any atom is -0.497 e. The first-order valence-electron chi connectivity index (χ1n) is 4.46. The second kappa shape index (κ2) is 8.40. The lowest BCUT2D eigenvalue weighted by molar-refractivity contribution is -0.385. The van der Waals surface area contributed by atoms with Gasteiger partial charge in [-0.15, -0.1) is 0 Å². The van der Waals surface area contributed by atoms with E-state index < -0.39 is 4.92 Å². The Labute approximate surface area is 95.2 Å². The first-order valence-corrected chi connectivity index (χ1v) is 4.46. The zero-order chi connectivity index (χ0) is 11.8. The minimum absolute atomic E-state index is 0. The molecule has 16 heavy (non-hydrogen) atoms. The van der Waals surface area contributed by atoms with Crippen LogP contribution in [0.1, 0.15) is 31.6 Å². The van der Waals surface area contributed by atoms with Gasteiger partial charge in [0, 0.05) is 0 Å². The van der Waals surface area contributed by atoms with E-state index >= 15 is 0 Å². The predicted molar refractivity (Wildman–Crippen MR) is 63.1 cm³/mol. The SMILES string of the molecule is C.CC.COc1ccc(C=O)c([N+](=O)[O-])c1. The number of rotatable bonds is 3. The fourth-order valence-electron chi connectivity index (χ4n) is 0.908. The largest absolute Gasteiger partial charge is 0.497 e. The lowest BCUT2D eigenvalue weighted by atomic mass is 10.2. The van der Waals surface area contributed by atoms with Gasteiger partial charge in [-0.3, -0.25) is 14.9 Å². The van der Waals surface area contributed by atoms with Crippen molar-refractivity contribution in [2.75, 3.05) is 7.11 Å². The summed E-state index contributed by atoms with van der Waals surface area (Å²) in [4.78, 5) is 20.2. The Bertz CT molecular complexity index is 350. The Kier molecular flexibility index (Phi) is 8.67. The van der Waals surface area contributed by atoms with Crippen molar-refractivity contribution in [3.8, 4) is 5.75 Å². The Morgan fingerprint density at radius 1 is 1.38 bits per heavy atom. The molecule has 0 saturated heterocycles. The summed E-state index contributed by atoms with van der Waals surface area (Å²) in [5.41, 5.74) is -0.194. The molecule has 0 aromatic heterocycles. The highest BCUT2D eigenvalue weighted by Crippen LogP contribution is 2.22. The number of methoxy groups -OCH3 is 1. The molecule has 1 rings (SSSR count). The number of hydrogen-bond donors (Lipinski definition) is 0. The molecule has 0 fully saturated rings. The maximum atomic E-state index is 10.4. The van der Waals surface area contributed by atoms with Crippen molar-refractivity contribution >= 4 is 12.0 Å². The lowest BCUT2D eigenvalue weighted by Gasteiger charge is -1.99. The molecule has 0 N–H and O–H groups in total. The summed E-state index contributed by atoms with van der Waals surface area (Å²) in [6.07, 6.45) is 0.442. The third kappa shape index (κ3) is 4.08. The molecule has 0 atom stereocenters. The van der Waals surface area contributed by atoms with Crippen molar-refractivity contribution in [2.45, 2.75) is 21.3 Å². The Balaban J connectivity index is 0. The van der Waals surface area contributed by atoms with Gasteiger partial charge in [0.25, 0.3) is 5.69 Å². The van der Waals surface area contributed by atoms with Crippen LogP contribution in [0.3, 0.4) is 0 Å². The van der Waals surface area contributed by atoms with Gasteiger partial charge in [-0.05, 0) is 12.1 Å². The van der Waals surface area contributed by atoms with Gasteiger partial charge in [-0.1, -0.05) is 21.3 Å². The average Bonchev–Trinajstić information content (AvgIpc) is 2.30. The lowest BCUT2D eigenvalue weighted by Crippen LogP contribution is -1.95. The molecule has 90 valence electrons. The minimum atomic E-state index is -0.619. The second-order valence-corrected chi connectivity index (χ2v) is 2.30. The quantitative estimate of drug-likeness (QED) is 0.452. The van der Waals surface area contributed by atoms with E-state index in [1.165, 1.54) is 25.3 Å². The number of nitrogens with zero attached hydrogens (tertiary/aromatic N) is 1. The molecule has 0 aliphatic heterocycles. The van der Waals surface area contributed by atoms with E-state index in [1.54, 1.807) is 0 Å². The predicted octanol–water partition coefficient (Wildman–Crippen LogP) is 3.08. The molecule has 5 nitrogen and oxygen atoms in total. The molecular formula is C11H17NO4. The smallest absolute Gasteiger partial charge is 0.283 e. The van der Waals surface area contributed by atoms with Crippen molar-refractivity contribution in [1.29, 1.82) is 0 Å². The van der Waals surface area contributed by atoms with E-state index in [1.807, 2.05) is 13.8 Å². The topological polar surface area (TPSA) is 69.4 Å². The number of nitro groups is 1. The summed E-state index contributed by atoms with van der Waals surface area (Å²) in [6, 6.07) is 4.06. The van der Waals surface area contributed by atoms with Gasteiger partial charge in [0.2, 0.25) is 0 Å². The summed E-state index contributed by atoms with van der Waals surface area (Å²) in [6.45, 7) is 4.00. The highest BCUT2D eigenvalue weighted by Gasteiger charge is 2.13. The van der Waals surface area contributed by atoms with E-state index in [0.29, 0.717) is 12.0 Å². The summed E-state index contributed by atoms with van der Waals surface area (Å²) in [5, 5.41) is 10.4. The number of carbonyl (C=O) groups excluding carboxylic acids is 1. The molecule has 0 heterocycles. The van der Waals surface area contributed by atoms with Crippen LogP contribution in [0.25, 0.3) is 0 Å². The van der Waals surface area contributed by atoms with Gasteiger partial charge in [0.15, 0.2) is 6.29 Å². The molecule has 0 bridgehead atoms. The van der Waals surface area contributed by atoms with Crippen LogP contribution in [-0.4, -0.2) is 18.3 Å². The number of hydrogen-bond acceptors (Lipinski definition) is 4. The Morgan fingerprint density at radius 2 is 1.94 bits per heavy atom. The molecule has 0 radical (unpaired) electrons. The molecule has 0 aliphatic carbocycles. The number of aldehydes is 1. The van der Waals surface area contributed by atoms with Gasteiger partial charge in [-0.25, -0.2) is 0 Å². The van der Waals surface area contributed by atoms with E-state index in [2.05, 4.69) is 0 Å². The number of benzene rings is 1. The van der Waals surface area contributed by atoms with E-state index in [9.17, 15) is 14.9 Å². The van der Waals surface area contributed by atoms with Crippen LogP contribution in [0, 0.1) is 10.1 Å². The van der Waals surface area contributed by atoms with Gasteiger partial charge >= 0.3 is 0 Å². The van der Waals surface area contributed by atoms with Crippen molar-refractivity contribution < 1.29 is 14.5 Å². The molecule has 0 spiro atoms. The van der Waals surface area contributed by atoms with Crippen LogP contribution in [-0.2, 0) is 0 Å². The maximum absolute atomic E-state index is 10.4. The zero-order valence-corrected chi connectivity index (χ0v) is 8.89. The molecular weight excluding hydrogens is 210 g/mol. The maximum Gasteiger partial charge on any atom is 0.283 e. The third-order valence-corrected chi connectivity index (χ3v) is 1.56. The van der Waals surface area contributed by atoms with E-state index in [-0.39, 0.29) is 18.7 Å². The van der Waals surface area contributed by atoms with Crippen LogP contribution in [0.2, 0.25) is 0 Å². The molecule has 0 amide bonds. The van der Waals surface area contributed by atoms with Crippen LogP contribution in [0.5, 0.6) is 5.75 Å². The molecule has 5 heteroatoms. The summed E-state index contributed by atoms with van der Waals surface area (Å²) in [7, 11) is 1.40. The molecule has 1 aromatic rings. The van der Waals surface area contributed by atoms with Gasteiger partial charge < -0.3 is 4.74 Å². The fourth-order valence-corrected chi connectivity index (χ4v) is 0.908. The van der Waals surface area contributed by atoms with Crippen LogP contribution in [0.15, 0.2) is 18.2 Å². The summed E-state index contributed by atoms with van der Waals surface area (Å²) < 4.78 is 4.78. The monoisotopic (exact) mass is 227 g/mol. The van der Waals surface area contributed by atoms with Crippen LogP contribution in [0.4, 0.5) is 5.69 Å². The Hall–Kier alpha value is -1.91. The van der Waals surface area contributed by atoms with E-state index in [0.717, 1.165) is 0 Å². The molecule has 0 aliphatic rings.